The third-order valence-electron chi connectivity index (χ3n) is 2.69. The Morgan fingerprint density at radius 1 is 1.05 bits per heavy atom. The maximum atomic E-state index is 11.3. The molecule has 19 heavy (non-hydrogen) atoms. The Morgan fingerprint density at radius 3 is 2.37 bits per heavy atom. The first-order valence-corrected chi connectivity index (χ1v) is 6.19. The number of methoxy groups -OCH3 is 1. The lowest BCUT2D eigenvalue weighted by atomic mass is 10.1. The van der Waals surface area contributed by atoms with Crippen LogP contribution in [-0.2, 0) is 4.74 Å². The summed E-state index contributed by atoms with van der Waals surface area (Å²) in [5.41, 5.74) is 2.49. The normalized spacial score (nSPS) is 10.6. The summed E-state index contributed by atoms with van der Waals surface area (Å²) in [7, 11) is 1.37. The fourth-order valence-electron chi connectivity index (χ4n) is 1.64. The van der Waals surface area contributed by atoms with E-state index in [1.807, 2.05) is 48.6 Å². The average Bonchev–Trinajstić information content (AvgIpc) is 2.46. The van der Waals surface area contributed by atoms with Gasteiger partial charge in [-0.2, -0.15) is 0 Å². The fourth-order valence-corrected chi connectivity index (χ4v) is 1.84. The van der Waals surface area contributed by atoms with Crippen LogP contribution in [0.4, 0.5) is 0 Å². The number of halogens is 1. The Kier molecular flexibility index (Phi) is 4.37. The Balaban J connectivity index is 2.16. The van der Waals surface area contributed by atoms with E-state index in [0.717, 1.165) is 11.1 Å². The Hall–Kier alpha value is -2.06. The largest absolute Gasteiger partial charge is 0.465 e. The predicted molar refractivity (Wildman–Crippen MR) is 78.2 cm³/mol. The van der Waals surface area contributed by atoms with Gasteiger partial charge in [-0.25, -0.2) is 4.79 Å². The fraction of sp³-hybridized carbons (Fsp3) is 0.0625. The summed E-state index contributed by atoms with van der Waals surface area (Å²) in [5, 5.41) is 0.713. The Bertz CT molecular complexity index is 600. The molecule has 3 heteroatoms. The summed E-state index contributed by atoms with van der Waals surface area (Å²) in [6.07, 6.45) is 3.89. The van der Waals surface area contributed by atoms with Crippen LogP contribution in [0.2, 0.25) is 5.02 Å². The number of ether oxygens (including phenoxy) is 1. The van der Waals surface area contributed by atoms with Crippen LogP contribution in [0.1, 0.15) is 21.5 Å². The average molecular weight is 273 g/mol. The molecule has 0 aliphatic rings. The number of carbonyl (C=O) groups excluding carboxylic acids is 1. The molecule has 96 valence electrons. The van der Waals surface area contributed by atoms with Crippen LogP contribution in [0.3, 0.4) is 0 Å². The summed E-state index contributed by atoms with van der Waals surface area (Å²) >= 11 is 6.06. The van der Waals surface area contributed by atoms with E-state index in [9.17, 15) is 4.79 Å². The molecule has 2 aromatic carbocycles. The van der Waals surface area contributed by atoms with Crippen molar-refractivity contribution in [2.45, 2.75) is 0 Å². The minimum absolute atomic E-state index is 0.332. The molecule has 0 aliphatic carbocycles. The lowest BCUT2D eigenvalue weighted by Crippen LogP contribution is -2.00. The standard InChI is InChI=1S/C16H13ClO2/c1-19-16(18)14-10-7-12(8-11-14)6-9-13-4-2-3-5-15(13)17/h2-11H,1H3/b9-6+. The van der Waals surface area contributed by atoms with E-state index < -0.39 is 0 Å². The number of carbonyl (C=O) groups is 1. The van der Waals surface area contributed by atoms with Crippen LogP contribution >= 0.6 is 11.6 Å². The van der Waals surface area contributed by atoms with Crippen LogP contribution in [0, 0.1) is 0 Å². The number of hydrogen-bond donors (Lipinski definition) is 0. The summed E-state index contributed by atoms with van der Waals surface area (Å²) in [4.78, 5) is 11.3. The zero-order valence-corrected chi connectivity index (χ0v) is 11.2. The van der Waals surface area contributed by atoms with E-state index in [-0.39, 0.29) is 5.97 Å². The SMILES string of the molecule is COC(=O)c1ccc(/C=C/c2ccccc2Cl)cc1. The van der Waals surface area contributed by atoms with Gasteiger partial charge in [-0.3, -0.25) is 0 Å². The van der Waals surface area contributed by atoms with Crippen molar-refractivity contribution in [2.75, 3.05) is 7.11 Å². The molecule has 0 amide bonds. The Labute approximate surface area is 117 Å². The quantitative estimate of drug-likeness (QED) is 0.615. The minimum atomic E-state index is -0.332. The second kappa shape index (κ2) is 6.21. The summed E-state index contributed by atoms with van der Waals surface area (Å²) < 4.78 is 4.65. The number of esters is 1. The van der Waals surface area contributed by atoms with Crippen molar-refractivity contribution in [3.8, 4) is 0 Å². The number of rotatable bonds is 3. The monoisotopic (exact) mass is 272 g/mol. The van der Waals surface area contributed by atoms with Crippen molar-refractivity contribution in [3.63, 3.8) is 0 Å². The van der Waals surface area contributed by atoms with Crippen molar-refractivity contribution >= 4 is 29.7 Å². The van der Waals surface area contributed by atoms with Gasteiger partial charge in [0.05, 0.1) is 12.7 Å². The highest BCUT2D eigenvalue weighted by Gasteiger charge is 2.03. The van der Waals surface area contributed by atoms with Crippen molar-refractivity contribution < 1.29 is 9.53 Å². The zero-order valence-electron chi connectivity index (χ0n) is 10.5. The van der Waals surface area contributed by atoms with Crippen LogP contribution in [0.25, 0.3) is 12.2 Å². The lowest BCUT2D eigenvalue weighted by Gasteiger charge is -2.00. The molecule has 0 aliphatic heterocycles. The van der Waals surface area contributed by atoms with Gasteiger partial charge >= 0.3 is 5.97 Å². The Morgan fingerprint density at radius 2 is 1.74 bits per heavy atom. The molecule has 0 bridgehead atoms. The summed E-state index contributed by atoms with van der Waals surface area (Å²) in [5.74, 6) is -0.332. The topological polar surface area (TPSA) is 26.3 Å². The van der Waals surface area contributed by atoms with Gasteiger partial charge in [0.1, 0.15) is 0 Å². The van der Waals surface area contributed by atoms with Gasteiger partial charge in [-0.1, -0.05) is 54.1 Å². The van der Waals surface area contributed by atoms with Gasteiger partial charge in [0, 0.05) is 5.02 Å². The molecule has 0 spiro atoms. The number of hydrogen-bond acceptors (Lipinski definition) is 2. The van der Waals surface area contributed by atoms with Crippen LogP contribution in [0.15, 0.2) is 48.5 Å². The second-order valence-corrected chi connectivity index (χ2v) is 4.38. The maximum absolute atomic E-state index is 11.3. The summed E-state index contributed by atoms with van der Waals surface area (Å²) in [6.45, 7) is 0. The highest BCUT2D eigenvalue weighted by Crippen LogP contribution is 2.18. The highest BCUT2D eigenvalue weighted by molar-refractivity contribution is 6.32. The van der Waals surface area contributed by atoms with Gasteiger partial charge in [0.15, 0.2) is 0 Å². The van der Waals surface area contributed by atoms with Crippen molar-refractivity contribution in [1.82, 2.24) is 0 Å². The van der Waals surface area contributed by atoms with E-state index in [0.29, 0.717) is 10.6 Å². The molecular formula is C16H13ClO2. The molecule has 0 atom stereocenters. The van der Waals surface area contributed by atoms with Gasteiger partial charge in [0.2, 0.25) is 0 Å². The maximum Gasteiger partial charge on any atom is 0.337 e. The van der Waals surface area contributed by atoms with E-state index in [1.54, 1.807) is 12.1 Å². The van der Waals surface area contributed by atoms with E-state index in [1.165, 1.54) is 7.11 Å². The molecule has 2 aromatic rings. The van der Waals surface area contributed by atoms with Crippen LogP contribution in [0.5, 0.6) is 0 Å². The first-order chi connectivity index (χ1) is 9.20. The van der Waals surface area contributed by atoms with Crippen LogP contribution in [-0.4, -0.2) is 13.1 Å². The minimum Gasteiger partial charge on any atom is -0.465 e. The van der Waals surface area contributed by atoms with Gasteiger partial charge in [-0.15, -0.1) is 0 Å². The van der Waals surface area contributed by atoms with E-state index in [2.05, 4.69) is 4.74 Å². The van der Waals surface area contributed by atoms with Crippen LogP contribution < -0.4 is 0 Å². The predicted octanol–water partition coefficient (Wildman–Crippen LogP) is 4.30. The first kappa shape index (κ1) is 13.4. The zero-order chi connectivity index (χ0) is 13.7. The molecule has 0 heterocycles. The third kappa shape index (κ3) is 3.46. The molecule has 0 aromatic heterocycles. The smallest absolute Gasteiger partial charge is 0.337 e. The van der Waals surface area contributed by atoms with Gasteiger partial charge in [0.25, 0.3) is 0 Å². The molecular weight excluding hydrogens is 260 g/mol. The molecule has 0 saturated heterocycles. The molecule has 2 nitrogen and oxygen atoms in total. The van der Waals surface area contributed by atoms with Crippen molar-refractivity contribution in [3.05, 3.63) is 70.2 Å². The molecule has 0 saturated carbocycles. The summed E-state index contributed by atoms with van der Waals surface area (Å²) in [6, 6.07) is 14.8. The molecule has 2 rings (SSSR count). The first-order valence-electron chi connectivity index (χ1n) is 5.81. The van der Waals surface area contributed by atoms with Gasteiger partial charge < -0.3 is 4.74 Å². The third-order valence-corrected chi connectivity index (χ3v) is 3.04. The van der Waals surface area contributed by atoms with Gasteiger partial charge in [-0.05, 0) is 29.3 Å². The lowest BCUT2D eigenvalue weighted by molar-refractivity contribution is 0.0601. The number of benzene rings is 2. The van der Waals surface area contributed by atoms with E-state index >= 15 is 0 Å². The molecule has 0 radical (unpaired) electrons. The second-order valence-electron chi connectivity index (χ2n) is 3.97. The molecule has 0 fully saturated rings. The van der Waals surface area contributed by atoms with Crippen molar-refractivity contribution in [1.29, 1.82) is 0 Å². The highest BCUT2D eigenvalue weighted by atomic mass is 35.5. The van der Waals surface area contributed by atoms with E-state index in [4.69, 9.17) is 11.6 Å². The molecule has 0 unspecified atom stereocenters. The molecule has 0 N–H and O–H groups in total. The van der Waals surface area contributed by atoms with Crippen molar-refractivity contribution in [2.24, 2.45) is 0 Å².